The highest BCUT2D eigenvalue weighted by Gasteiger charge is 2.11. The molecule has 1 heterocycles. The maximum atomic E-state index is 6.15. The number of nitrogens with zero attached hydrogens (tertiary/aromatic N) is 2. The average molecular weight is 255 g/mol. The molecule has 0 radical (unpaired) electrons. The molecule has 0 amide bonds. The van der Waals surface area contributed by atoms with E-state index in [0.717, 1.165) is 11.4 Å². The minimum Gasteiger partial charge on any atom is -0.236 e. The molecule has 0 saturated heterocycles. The minimum absolute atomic E-state index is 0.397. The molecule has 0 bridgehead atoms. The summed E-state index contributed by atoms with van der Waals surface area (Å²) in [6, 6.07) is 7.41. The second-order valence-electron chi connectivity index (χ2n) is 3.92. The summed E-state index contributed by atoms with van der Waals surface area (Å²) in [4.78, 5) is 0. The van der Waals surface area contributed by atoms with E-state index in [-0.39, 0.29) is 0 Å². The highest BCUT2D eigenvalue weighted by atomic mass is 35.5. The van der Waals surface area contributed by atoms with Gasteiger partial charge in [0.15, 0.2) is 0 Å². The van der Waals surface area contributed by atoms with Gasteiger partial charge in [0.25, 0.3) is 0 Å². The highest BCUT2D eigenvalue weighted by molar-refractivity contribution is 6.35. The van der Waals surface area contributed by atoms with Gasteiger partial charge in [-0.2, -0.15) is 5.10 Å². The Morgan fingerprint density at radius 3 is 2.56 bits per heavy atom. The molecular formula is C12H12Cl2N2. The fraction of sp³-hybridized carbons (Fsp3) is 0.250. The Kier molecular flexibility index (Phi) is 3.22. The van der Waals surface area contributed by atoms with Crippen LogP contribution in [0.15, 0.2) is 30.5 Å². The maximum Gasteiger partial charge on any atom is 0.0836 e. The first-order valence-electron chi connectivity index (χ1n) is 5.09. The fourth-order valence-electron chi connectivity index (χ4n) is 1.60. The fourth-order valence-corrected chi connectivity index (χ4v) is 2.09. The molecule has 16 heavy (non-hydrogen) atoms. The van der Waals surface area contributed by atoms with Gasteiger partial charge >= 0.3 is 0 Å². The van der Waals surface area contributed by atoms with Crippen molar-refractivity contribution in [3.8, 4) is 5.69 Å². The topological polar surface area (TPSA) is 17.8 Å². The first-order valence-corrected chi connectivity index (χ1v) is 5.84. The number of aromatic nitrogens is 2. The molecule has 1 aromatic carbocycles. The van der Waals surface area contributed by atoms with Crippen LogP contribution in [0.5, 0.6) is 0 Å². The van der Waals surface area contributed by atoms with Gasteiger partial charge < -0.3 is 0 Å². The SMILES string of the molecule is CC(C)c1ccnn1-c1ccc(Cl)cc1Cl. The van der Waals surface area contributed by atoms with Crippen molar-refractivity contribution in [2.24, 2.45) is 0 Å². The molecule has 0 fully saturated rings. The summed E-state index contributed by atoms with van der Waals surface area (Å²) in [7, 11) is 0. The predicted molar refractivity (Wildman–Crippen MR) is 67.7 cm³/mol. The number of benzene rings is 1. The van der Waals surface area contributed by atoms with E-state index in [1.807, 2.05) is 22.9 Å². The summed E-state index contributed by atoms with van der Waals surface area (Å²) >= 11 is 12.0. The van der Waals surface area contributed by atoms with E-state index in [0.29, 0.717) is 16.0 Å². The second kappa shape index (κ2) is 4.48. The summed E-state index contributed by atoms with van der Waals surface area (Å²) in [5.41, 5.74) is 1.99. The lowest BCUT2D eigenvalue weighted by molar-refractivity contribution is 0.734. The van der Waals surface area contributed by atoms with Crippen molar-refractivity contribution >= 4 is 23.2 Å². The van der Waals surface area contributed by atoms with Crippen LogP contribution in [0.3, 0.4) is 0 Å². The van der Waals surface area contributed by atoms with Crippen LogP contribution in [0, 0.1) is 0 Å². The molecule has 0 saturated carbocycles. The molecule has 84 valence electrons. The molecule has 0 aliphatic heterocycles. The molecule has 1 aromatic heterocycles. The summed E-state index contributed by atoms with van der Waals surface area (Å²) < 4.78 is 1.85. The predicted octanol–water partition coefficient (Wildman–Crippen LogP) is 4.30. The van der Waals surface area contributed by atoms with E-state index in [1.165, 1.54) is 0 Å². The molecule has 4 heteroatoms. The minimum atomic E-state index is 0.397. The van der Waals surface area contributed by atoms with Gasteiger partial charge in [0.05, 0.1) is 10.7 Å². The molecule has 0 aliphatic carbocycles. The zero-order valence-electron chi connectivity index (χ0n) is 9.11. The first kappa shape index (κ1) is 11.5. The van der Waals surface area contributed by atoms with Crippen molar-refractivity contribution in [1.82, 2.24) is 9.78 Å². The number of hydrogen-bond donors (Lipinski definition) is 0. The summed E-state index contributed by atoms with van der Waals surface area (Å²) in [6.07, 6.45) is 1.78. The zero-order chi connectivity index (χ0) is 11.7. The molecule has 0 aliphatic rings. The maximum absolute atomic E-state index is 6.15. The monoisotopic (exact) mass is 254 g/mol. The Bertz CT molecular complexity index is 503. The normalized spacial score (nSPS) is 11.1. The Balaban J connectivity index is 2.54. The van der Waals surface area contributed by atoms with E-state index in [1.54, 1.807) is 12.3 Å². The largest absolute Gasteiger partial charge is 0.236 e. The van der Waals surface area contributed by atoms with Crippen molar-refractivity contribution in [3.63, 3.8) is 0 Å². The molecule has 0 unspecified atom stereocenters. The Morgan fingerprint density at radius 1 is 1.19 bits per heavy atom. The molecule has 0 N–H and O–H groups in total. The smallest absolute Gasteiger partial charge is 0.0836 e. The van der Waals surface area contributed by atoms with Crippen LogP contribution in [-0.4, -0.2) is 9.78 Å². The summed E-state index contributed by atoms with van der Waals surface area (Å²) in [5.74, 6) is 0.397. The third-order valence-electron chi connectivity index (χ3n) is 2.40. The Morgan fingerprint density at radius 2 is 1.94 bits per heavy atom. The van der Waals surface area contributed by atoms with Crippen molar-refractivity contribution in [2.75, 3.05) is 0 Å². The molecule has 2 aromatic rings. The van der Waals surface area contributed by atoms with Crippen LogP contribution in [0.2, 0.25) is 10.0 Å². The quantitative estimate of drug-likeness (QED) is 0.782. The number of rotatable bonds is 2. The van der Waals surface area contributed by atoms with Crippen LogP contribution in [0.25, 0.3) is 5.69 Å². The zero-order valence-corrected chi connectivity index (χ0v) is 10.6. The van der Waals surface area contributed by atoms with Crippen LogP contribution >= 0.6 is 23.2 Å². The van der Waals surface area contributed by atoms with Crippen LogP contribution < -0.4 is 0 Å². The van der Waals surface area contributed by atoms with Gasteiger partial charge in [0, 0.05) is 16.9 Å². The molecule has 2 nitrogen and oxygen atoms in total. The highest BCUT2D eigenvalue weighted by Crippen LogP contribution is 2.26. The second-order valence-corrected chi connectivity index (χ2v) is 4.76. The van der Waals surface area contributed by atoms with Crippen molar-refractivity contribution in [3.05, 3.63) is 46.2 Å². The van der Waals surface area contributed by atoms with Gasteiger partial charge in [-0.1, -0.05) is 37.0 Å². The molecule has 0 spiro atoms. The number of hydrogen-bond acceptors (Lipinski definition) is 1. The Labute approximate surface area is 105 Å². The lowest BCUT2D eigenvalue weighted by atomic mass is 10.1. The van der Waals surface area contributed by atoms with Gasteiger partial charge in [-0.3, -0.25) is 0 Å². The van der Waals surface area contributed by atoms with E-state index in [4.69, 9.17) is 23.2 Å². The van der Waals surface area contributed by atoms with Crippen molar-refractivity contribution < 1.29 is 0 Å². The van der Waals surface area contributed by atoms with Gasteiger partial charge in [-0.15, -0.1) is 0 Å². The van der Waals surface area contributed by atoms with E-state index in [2.05, 4.69) is 18.9 Å². The lowest BCUT2D eigenvalue weighted by Crippen LogP contribution is -2.04. The molecule has 0 atom stereocenters. The third kappa shape index (κ3) is 2.08. The van der Waals surface area contributed by atoms with Gasteiger partial charge in [0.1, 0.15) is 0 Å². The van der Waals surface area contributed by atoms with Crippen LogP contribution in [0.4, 0.5) is 0 Å². The van der Waals surface area contributed by atoms with Crippen LogP contribution in [0.1, 0.15) is 25.5 Å². The molecular weight excluding hydrogens is 243 g/mol. The average Bonchev–Trinajstić information content (AvgIpc) is 2.66. The first-order chi connectivity index (χ1) is 7.59. The third-order valence-corrected chi connectivity index (χ3v) is 2.94. The van der Waals surface area contributed by atoms with E-state index < -0.39 is 0 Å². The van der Waals surface area contributed by atoms with E-state index >= 15 is 0 Å². The lowest BCUT2D eigenvalue weighted by Gasteiger charge is -2.11. The molecule has 2 rings (SSSR count). The summed E-state index contributed by atoms with van der Waals surface area (Å²) in [6.45, 7) is 4.24. The summed E-state index contributed by atoms with van der Waals surface area (Å²) in [5, 5.41) is 5.53. The van der Waals surface area contributed by atoms with Crippen molar-refractivity contribution in [1.29, 1.82) is 0 Å². The standard InChI is InChI=1S/C12H12Cl2N2/c1-8(2)11-5-6-15-16(11)12-4-3-9(13)7-10(12)14/h3-8H,1-2H3. The van der Waals surface area contributed by atoms with Gasteiger partial charge in [-0.25, -0.2) is 4.68 Å². The van der Waals surface area contributed by atoms with Gasteiger partial charge in [-0.05, 0) is 30.2 Å². The van der Waals surface area contributed by atoms with E-state index in [9.17, 15) is 0 Å². The number of halogens is 2. The van der Waals surface area contributed by atoms with Crippen molar-refractivity contribution in [2.45, 2.75) is 19.8 Å². The van der Waals surface area contributed by atoms with Gasteiger partial charge in [0.2, 0.25) is 0 Å². The Hall–Kier alpha value is -0.990. The van der Waals surface area contributed by atoms with Crippen LogP contribution in [-0.2, 0) is 0 Å².